The zero-order valence-electron chi connectivity index (χ0n) is 8.18. The molecule has 88 valence electrons. The SMILES string of the molecule is COc1nc(CO)c([N+](=O)[O-])cc1C(F)F. The number of rotatable bonds is 4. The Morgan fingerprint density at radius 3 is 2.69 bits per heavy atom. The van der Waals surface area contributed by atoms with Crippen LogP contribution in [0.15, 0.2) is 6.07 Å². The summed E-state index contributed by atoms with van der Waals surface area (Å²) < 4.78 is 29.5. The maximum atomic E-state index is 12.5. The summed E-state index contributed by atoms with van der Waals surface area (Å²) in [5.41, 5.74) is -1.64. The van der Waals surface area contributed by atoms with E-state index < -0.39 is 35.1 Å². The van der Waals surface area contributed by atoms with Crippen LogP contribution < -0.4 is 4.74 Å². The van der Waals surface area contributed by atoms with Crippen LogP contribution in [0.25, 0.3) is 0 Å². The topological polar surface area (TPSA) is 85.5 Å². The van der Waals surface area contributed by atoms with Crippen molar-refractivity contribution < 1.29 is 23.5 Å². The van der Waals surface area contributed by atoms with Gasteiger partial charge in [-0.05, 0) is 0 Å². The van der Waals surface area contributed by atoms with Gasteiger partial charge in [-0.15, -0.1) is 0 Å². The van der Waals surface area contributed by atoms with Gasteiger partial charge in [0.1, 0.15) is 5.69 Å². The highest BCUT2D eigenvalue weighted by molar-refractivity contribution is 5.44. The van der Waals surface area contributed by atoms with Gasteiger partial charge in [0, 0.05) is 6.07 Å². The van der Waals surface area contributed by atoms with Gasteiger partial charge in [-0.3, -0.25) is 10.1 Å². The number of aliphatic hydroxyl groups is 1. The van der Waals surface area contributed by atoms with Gasteiger partial charge in [0.25, 0.3) is 12.1 Å². The summed E-state index contributed by atoms with van der Waals surface area (Å²) in [6.45, 7) is -0.726. The number of methoxy groups -OCH3 is 1. The number of hydrogen-bond donors (Lipinski definition) is 1. The third-order valence-corrected chi connectivity index (χ3v) is 1.85. The summed E-state index contributed by atoms with van der Waals surface area (Å²) >= 11 is 0. The fourth-order valence-electron chi connectivity index (χ4n) is 1.13. The normalized spacial score (nSPS) is 10.6. The van der Waals surface area contributed by atoms with Crippen LogP contribution in [0.4, 0.5) is 14.5 Å². The second-order valence-corrected chi connectivity index (χ2v) is 2.77. The van der Waals surface area contributed by atoms with Crippen molar-refractivity contribution in [3.8, 4) is 5.88 Å². The smallest absolute Gasteiger partial charge is 0.293 e. The first kappa shape index (κ1) is 12.2. The molecule has 1 heterocycles. The van der Waals surface area contributed by atoms with Gasteiger partial charge in [-0.2, -0.15) is 0 Å². The number of aliphatic hydroxyl groups excluding tert-OH is 1. The average molecular weight is 234 g/mol. The van der Waals surface area contributed by atoms with Crippen LogP contribution in [0.1, 0.15) is 17.7 Å². The second-order valence-electron chi connectivity index (χ2n) is 2.77. The van der Waals surface area contributed by atoms with E-state index in [1.54, 1.807) is 0 Å². The Balaban J connectivity index is 3.40. The van der Waals surface area contributed by atoms with Crippen LogP contribution >= 0.6 is 0 Å². The van der Waals surface area contributed by atoms with E-state index in [1.807, 2.05) is 0 Å². The van der Waals surface area contributed by atoms with Gasteiger partial charge < -0.3 is 9.84 Å². The maximum absolute atomic E-state index is 12.5. The van der Waals surface area contributed by atoms with E-state index in [-0.39, 0.29) is 5.69 Å². The Kier molecular flexibility index (Phi) is 3.67. The average Bonchev–Trinajstić information content (AvgIpc) is 2.26. The highest BCUT2D eigenvalue weighted by atomic mass is 19.3. The predicted molar refractivity (Wildman–Crippen MR) is 48.3 cm³/mol. The Morgan fingerprint density at radius 2 is 2.31 bits per heavy atom. The van der Waals surface area contributed by atoms with E-state index in [1.165, 1.54) is 0 Å². The van der Waals surface area contributed by atoms with Crippen molar-refractivity contribution in [2.45, 2.75) is 13.0 Å². The Bertz CT molecular complexity index is 411. The van der Waals surface area contributed by atoms with Crippen LogP contribution in [-0.4, -0.2) is 22.1 Å². The second kappa shape index (κ2) is 4.79. The molecular weight excluding hydrogens is 226 g/mol. The molecule has 0 spiro atoms. The van der Waals surface area contributed by atoms with E-state index in [4.69, 9.17) is 5.11 Å². The van der Waals surface area contributed by atoms with Crippen LogP contribution in [0.3, 0.4) is 0 Å². The molecule has 0 amide bonds. The molecule has 0 aliphatic carbocycles. The van der Waals surface area contributed by atoms with E-state index in [9.17, 15) is 18.9 Å². The van der Waals surface area contributed by atoms with Gasteiger partial charge in [-0.1, -0.05) is 0 Å². The van der Waals surface area contributed by atoms with E-state index in [0.717, 1.165) is 7.11 Å². The molecule has 0 bridgehead atoms. The number of nitro groups is 1. The lowest BCUT2D eigenvalue weighted by molar-refractivity contribution is -0.386. The molecule has 6 nitrogen and oxygen atoms in total. The van der Waals surface area contributed by atoms with Crippen LogP contribution in [0.2, 0.25) is 0 Å². The van der Waals surface area contributed by atoms with Crippen molar-refractivity contribution in [3.63, 3.8) is 0 Å². The molecule has 16 heavy (non-hydrogen) atoms. The summed E-state index contributed by atoms with van der Waals surface area (Å²) in [7, 11) is 1.11. The first-order valence-corrected chi connectivity index (χ1v) is 4.12. The number of aromatic nitrogens is 1. The summed E-state index contributed by atoms with van der Waals surface area (Å²) in [6, 6.07) is 0.655. The summed E-state index contributed by atoms with van der Waals surface area (Å²) in [4.78, 5) is 13.1. The molecule has 0 saturated carbocycles. The number of nitrogens with zero attached hydrogens (tertiary/aromatic N) is 2. The number of halogens is 2. The maximum Gasteiger partial charge on any atom is 0.293 e. The van der Waals surface area contributed by atoms with Crippen molar-refractivity contribution in [3.05, 3.63) is 27.4 Å². The van der Waals surface area contributed by atoms with Crippen LogP contribution in [0.5, 0.6) is 5.88 Å². The molecule has 1 rings (SSSR count). The molecule has 0 atom stereocenters. The largest absolute Gasteiger partial charge is 0.481 e. The van der Waals surface area contributed by atoms with Crippen LogP contribution in [-0.2, 0) is 6.61 Å². The minimum absolute atomic E-state index is 0.314. The summed E-state index contributed by atoms with van der Waals surface area (Å²) in [6.07, 6.45) is -2.94. The minimum Gasteiger partial charge on any atom is -0.481 e. The number of alkyl halides is 2. The zero-order valence-corrected chi connectivity index (χ0v) is 8.18. The first-order valence-electron chi connectivity index (χ1n) is 4.12. The number of pyridine rings is 1. The standard InChI is InChI=1S/C8H8F2N2O4/c1-16-8-4(7(9)10)2-6(12(14)15)5(3-13)11-8/h2,7,13H,3H2,1H3. The third kappa shape index (κ3) is 2.22. The van der Waals surface area contributed by atoms with E-state index in [2.05, 4.69) is 9.72 Å². The van der Waals surface area contributed by atoms with Crippen molar-refractivity contribution in [1.82, 2.24) is 4.98 Å². The summed E-state index contributed by atoms with van der Waals surface area (Å²) in [5.74, 6) is -0.426. The highest BCUT2D eigenvalue weighted by Crippen LogP contribution is 2.32. The van der Waals surface area contributed by atoms with Crippen molar-refractivity contribution in [2.24, 2.45) is 0 Å². The first-order chi connectivity index (χ1) is 7.51. The molecule has 0 aliphatic heterocycles. The van der Waals surface area contributed by atoms with Crippen molar-refractivity contribution in [1.29, 1.82) is 0 Å². The highest BCUT2D eigenvalue weighted by Gasteiger charge is 2.24. The summed E-state index contributed by atoms with van der Waals surface area (Å²) in [5, 5.41) is 19.3. The van der Waals surface area contributed by atoms with Gasteiger partial charge in [-0.25, -0.2) is 13.8 Å². The predicted octanol–water partition coefficient (Wildman–Crippen LogP) is 1.43. The monoisotopic (exact) mass is 234 g/mol. The lowest BCUT2D eigenvalue weighted by atomic mass is 10.2. The molecule has 8 heteroatoms. The zero-order chi connectivity index (χ0) is 12.3. The molecule has 1 N–H and O–H groups in total. The van der Waals surface area contributed by atoms with Gasteiger partial charge in [0.05, 0.1) is 24.2 Å². The third-order valence-electron chi connectivity index (χ3n) is 1.85. The lowest BCUT2D eigenvalue weighted by Crippen LogP contribution is -2.04. The molecule has 1 aromatic heterocycles. The van der Waals surface area contributed by atoms with E-state index >= 15 is 0 Å². The van der Waals surface area contributed by atoms with Gasteiger partial charge >= 0.3 is 0 Å². The molecule has 0 aliphatic rings. The molecule has 0 saturated heterocycles. The molecular formula is C8H8F2N2O4. The molecule has 1 aromatic rings. The number of hydrogen-bond acceptors (Lipinski definition) is 5. The number of ether oxygens (including phenoxy) is 1. The Morgan fingerprint density at radius 1 is 1.69 bits per heavy atom. The Labute approximate surface area is 88.6 Å². The Hall–Kier alpha value is -1.83. The van der Waals surface area contributed by atoms with Gasteiger partial charge in [0.15, 0.2) is 0 Å². The van der Waals surface area contributed by atoms with Crippen LogP contribution in [0, 0.1) is 10.1 Å². The van der Waals surface area contributed by atoms with Crippen molar-refractivity contribution in [2.75, 3.05) is 7.11 Å². The molecule has 0 fully saturated rings. The molecule has 0 radical (unpaired) electrons. The molecule has 0 unspecified atom stereocenters. The van der Waals surface area contributed by atoms with Crippen molar-refractivity contribution >= 4 is 5.69 Å². The minimum atomic E-state index is -2.94. The van der Waals surface area contributed by atoms with Gasteiger partial charge in [0.2, 0.25) is 5.88 Å². The lowest BCUT2D eigenvalue weighted by Gasteiger charge is -2.08. The molecule has 0 aromatic carbocycles. The fourth-order valence-corrected chi connectivity index (χ4v) is 1.13. The fraction of sp³-hybridized carbons (Fsp3) is 0.375. The van der Waals surface area contributed by atoms with E-state index in [0.29, 0.717) is 6.07 Å². The quantitative estimate of drug-likeness (QED) is 0.629.